The average molecular weight is 399 g/mol. The van der Waals surface area contributed by atoms with E-state index in [1.54, 1.807) is 7.11 Å². The Balaban J connectivity index is 1.27. The monoisotopic (exact) mass is 399 g/mol. The van der Waals surface area contributed by atoms with Crippen molar-refractivity contribution in [2.75, 3.05) is 51.8 Å². The minimum absolute atomic E-state index is 0.0642. The van der Waals surface area contributed by atoms with Gasteiger partial charge in [0.1, 0.15) is 5.75 Å². The Bertz CT molecular complexity index is 814. The second-order valence-corrected chi connectivity index (χ2v) is 8.05. The molecule has 29 heavy (non-hydrogen) atoms. The molecule has 2 saturated heterocycles. The van der Waals surface area contributed by atoms with Crippen molar-refractivity contribution in [2.24, 2.45) is 11.8 Å². The number of ether oxygens (including phenoxy) is 1. The summed E-state index contributed by atoms with van der Waals surface area (Å²) in [6.45, 7) is 4.48. The first-order valence-corrected chi connectivity index (χ1v) is 10.3. The minimum Gasteiger partial charge on any atom is -0.497 e. The number of likely N-dealkylation sites (tertiary alicyclic amines) is 1. The van der Waals surface area contributed by atoms with Crippen LogP contribution in [-0.2, 0) is 4.79 Å². The van der Waals surface area contributed by atoms with Gasteiger partial charge in [-0.3, -0.25) is 4.79 Å². The zero-order valence-corrected chi connectivity index (χ0v) is 17.1. The first-order valence-electron chi connectivity index (χ1n) is 10.3. The summed E-state index contributed by atoms with van der Waals surface area (Å²) in [7, 11) is 3.77. The maximum absolute atomic E-state index is 12.5. The number of amides is 1. The molecule has 4 rings (SSSR count). The molecule has 8 heteroatoms. The van der Waals surface area contributed by atoms with Crippen molar-refractivity contribution in [3.05, 3.63) is 24.3 Å². The maximum Gasteiger partial charge on any atom is 0.324 e. The number of carbonyl (C=O) groups excluding carboxylic acids is 1. The Morgan fingerprint density at radius 2 is 1.97 bits per heavy atom. The molecule has 0 bridgehead atoms. The molecule has 1 atom stereocenters. The fraction of sp³-hybridized carbons (Fsp3) is 0.571. The standard InChI is InChI=1S/C21H29N5O3/c1-25-10-7-15(14-25)13-22-20(27)17-8-11-26(12-9-17)21-23-19(24-29-21)16-3-5-18(28-2)6-4-16/h3-6,15,17H,7-14H2,1-2H3,(H,22,27)/t15-/m1/s1. The van der Waals surface area contributed by atoms with Crippen molar-refractivity contribution in [1.82, 2.24) is 20.4 Å². The number of benzene rings is 1. The Morgan fingerprint density at radius 1 is 1.21 bits per heavy atom. The predicted octanol–water partition coefficient (Wildman–Crippen LogP) is 2.03. The SMILES string of the molecule is COc1ccc(-c2noc(N3CCC(C(=O)NC[C@H]4CCN(C)C4)CC3)n2)cc1. The van der Waals surface area contributed by atoms with Crippen LogP contribution in [0.2, 0.25) is 0 Å². The van der Waals surface area contributed by atoms with E-state index in [9.17, 15) is 4.79 Å². The first kappa shape index (κ1) is 19.7. The first-order chi connectivity index (χ1) is 14.1. The quantitative estimate of drug-likeness (QED) is 0.796. The number of aromatic nitrogens is 2. The molecule has 1 N–H and O–H groups in total. The fourth-order valence-corrected chi connectivity index (χ4v) is 4.12. The third-order valence-corrected chi connectivity index (χ3v) is 5.95. The van der Waals surface area contributed by atoms with Crippen LogP contribution in [0.1, 0.15) is 19.3 Å². The van der Waals surface area contributed by atoms with Gasteiger partial charge in [-0.25, -0.2) is 0 Å². The highest BCUT2D eigenvalue weighted by Crippen LogP contribution is 2.26. The average Bonchev–Trinajstić information content (AvgIpc) is 3.41. The number of piperidine rings is 1. The van der Waals surface area contributed by atoms with Gasteiger partial charge in [-0.2, -0.15) is 4.98 Å². The van der Waals surface area contributed by atoms with Crippen LogP contribution in [0, 0.1) is 11.8 Å². The van der Waals surface area contributed by atoms with Gasteiger partial charge in [-0.05, 0) is 63.0 Å². The summed E-state index contributed by atoms with van der Waals surface area (Å²) in [5, 5.41) is 7.26. The molecule has 2 aromatic rings. The molecule has 0 aliphatic carbocycles. The van der Waals surface area contributed by atoms with Gasteiger partial charge >= 0.3 is 6.01 Å². The summed E-state index contributed by atoms with van der Waals surface area (Å²) in [6.07, 6.45) is 2.77. The van der Waals surface area contributed by atoms with E-state index in [1.165, 1.54) is 6.42 Å². The third kappa shape index (κ3) is 4.70. The van der Waals surface area contributed by atoms with Gasteiger partial charge < -0.3 is 24.4 Å². The smallest absolute Gasteiger partial charge is 0.324 e. The van der Waals surface area contributed by atoms with E-state index in [0.717, 1.165) is 56.9 Å². The van der Waals surface area contributed by atoms with Crippen LogP contribution in [0.25, 0.3) is 11.4 Å². The van der Waals surface area contributed by atoms with Crippen molar-refractivity contribution in [3.63, 3.8) is 0 Å². The molecule has 0 radical (unpaired) electrons. The zero-order valence-electron chi connectivity index (χ0n) is 17.1. The number of nitrogens with one attached hydrogen (secondary N) is 1. The van der Waals surface area contributed by atoms with Crippen molar-refractivity contribution >= 4 is 11.9 Å². The molecule has 0 unspecified atom stereocenters. The maximum atomic E-state index is 12.5. The molecule has 156 valence electrons. The van der Waals surface area contributed by atoms with E-state index >= 15 is 0 Å². The van der Waals surface area contributed by atoms with Crippen LogP contribution in [0.4, 0.5) is 6.01 Å². The number of carbonyl (C=O) groups is 1. The molecule has 3 heterocycles. The van der Waals surface area contributed by atoms with Gasteiger partial charge in [0.2, 0.25) is 11.7 Å². The van der Waals surface area contributed by atoms with Gasteiger partial charge in [0, 0.05) is 37.7 Å². The van der Waals surface area contributed by atoms with E-state index in [4.69, 9.17) is 9.26 Å². The number of hydrogen-bond donors (Lipinski definition) is 1. The van der Waals surface area contributed by atoms with Gasteiger partial charge in [-0.1, -0.05) is 5.16 Å². The lowest BCUT2D eigenvalue weighted by atomic mass is 9.96. The van der Waals surface area contributed by atoms with Crippen LogP contribution in [0.3, 0.4) is 0 Å². The molecule has 2 fully saturated rings. The molecule has 2 aliphatic heterocycles. The van der Waals surface area contributed by atoms with Crippen LogP contribution in [0.15, 0.2) is 28.8 Å². The van der Waals surface area contributed by atoms with Gasteiger partial charge in [0.15, 0.2) is 0 Å². The van der Waals surface area contributed by atoms with Crippen molar-refractivity contribution < 1.29 is 14.1 Å². The summed E-state index contributed by atoms with van der Waals surface area (Å²) in [4.78, 5) is 21.4. The van der Waals surface area contributed by atoms with Gasteiger partial charge in [0.05, 0.1) is 7.11 Å². The van der Waals surface area contributed by atoms with Gasteiger partial charge in [0.25, 0.3) is 0 Å². The summed E-state index contributed by atoms with van der Waals surface area (Å²) in [5.41, 5.74) is 0.882. The normalized spacial score (nSPS) is 20.8. The highest BCUT2D eigenvalue weighted by molar-refractivity contribution is 5.79. The highest BCUT2D eigenvalue weighted by atomic mass is 16.5. The molecule has 1 amide bonds. The van der Waals surface area contributed by atoms with Crippen molar-refractivity contribution in [2.45, 2.75) is 19.3 Å². The second-order valence-electron chi connectivity index (χ2n) is 8.05. The highest BCUT2D eigenvalue weighted by Gasteiger charge is 2.28. The minimum atomic E-state index is 0.0642. The molecule has 8 nitrogen and oxygen atoms in total. The molecular weight excluding hydrogens is 370 g/mol. The number of nitrogens with zero attached hydrogens (tertiary/aromatic N) is 4. The number of hydrogen-bond acceptors (Lipinski definition) is 7. The Morgan fingerprint density at radius 3 is 2.62 bits per heavy atom. The van der Waals surface area contributed by atoms with E-state index < -0.39 is 0 Å². The lowest BCUT2D eigenvalue weighted by Gasteiger charge is -2.30. The summed E-state index contributed by atoms with van der Waals surface area (Å²) in [5.74, 6) is 2.18. The molecule has 2 aliphatic rings. The number of rotatable bonds is 6. The predicted molar refractivity (Wildman–Crippen MR) is 110 cm³/mol. The van der Waals surface area contributed by atoms with E-state index in [2.05, 4.69) is 32.3 Å². The third-order valence-electron chi connectivity index (χ3n) is 5.95. The second kappa shape index (κ2) is 8.82. The number of anilines is 1. The van der Waals surface area contributed by atoms with Gasteiger partial charge in [-0.15, -0.1) is 0 Å². The Hall–Kier alpha value is -2.61. The molecule has 0 spiro atoms. The molecule has 0 saturated carbocycles. The zero-order chi connectivity index (χ0) is 20.2. The van der Waals surface area contributed by atoms with Crippen LogP contribution < -0.4 is 15.0 Å². The summed E-state index contributed by atoms with van der Waals surface area (Å²) >= 11 is 0. The molecule has 1 aromatic heterocycles. The van der Waals surface area contributed by atoms with E-state index in [1.807, 2.05) is 24.3 Å². The summed E-state index contributed by atoms with van der Waals surface area (Å²) in [6, 6.07) is 8.08. The van der Waals surface area contributed by atoms with Crippen LogP contribution >= 0.6 is 0 Å². The molecule has 1 aromatic carbocycles. The lowest BCUT2D eigenvalue weighted by Crippen LogP contribution is -2.42. The Labute approximate surface area is 171 Å². The van der Waals surface area contributed by atoms with E-state index in [-0.39, 0.29) is 11.8 Å². The summed E-state index contributed by atoms with van der Waals surface area (Å²) < 4.78 is 10.6. The fourth-order valence-electron chi connectivity index (χ4n) is 4.12. The number of methoxy groups -OCH3 is 1. The lowest BCUT2D eigenvalue weighted by molar-refractivity contribution is -0.125. The topological polar surface area (TPSA) is 83.7 Å². The van der Waals surface area contributed by atoms with E-state index in [0.29, 0.717) is 17.8 Å². The van der Waals surface area contributed by atoms with Crippen molar-refractivity contribution in [1.29, 1.82) is 0 Å². The van der Waals surface area contributed by atoms with Crippen LogP contribution in [0.5, 0.6) is 5.75 Å². The molecular formula is C21H29N5O3. The van der Waals surface area contributed by atoms with Crippen molar-refractivity contribution in [3.8, 4) is 17.1 Å². The Kier molecular flexibility index (Phi) is 5.99. The largest absolute Gasteiger partial charge is 0.497 e. The van der Waals surface area contributed by atoms with Crippen LogP contribution in [-0.4, -0.2) is 67.8 Å².